The molecule has 5 heteroatoms. The van der Waals surface area contributed by atoms with Crippen molar-refractivity contribution in [2.45, 2.75) is 26.3 Å². The molecule has 0 aromatic carbocycles. The number of carbonyl (C=O) groups excluding carboxylic acids is 1. The third-order valence-electron chi connectivity index (χ3n) is 1.84. The van der Waals surface area contributed by atoms with Crippen molar-refractivity contribution in [1.29, 1.82) is 0 Å². The fourth-order valence-corrected chi connectivity index (χ4v) is 1.24. The standard InChI is InChI=1S/C10H14ClN3O/c1-8-12-6-4-9(14-8)7-13-10(15)3-2-5-11/h4,6H,2-3,5,7H2,1H3,(H,13,15). The molecule has 82 valence electrons. The zero-order chi connectivity index (χ0) is 11.1. The van der Waals surface area contributed by atoms with E-state index in [0.717, 1.165) is 5.69 Å². The molecule has 0 unspecified atom stereocenters. The zero-order valence-corrected chi connectivity index (χ0v) is 9.42. The molecular weight excluding hydrogens is 214 g/mol. The van der Waals surface area contributed by atoms with Crippen LogP contribution in [-0.4, -0.2) is 21.8 Å². The Morgan fingerprint density at radius 1 is 1.60 bits per heavy atom. The summed E-state index contributed by atoms with van der Waals surface area (Å²) in [5.41, 5.74) is 0.821. The predicted molar refractivity (Wildman–Crippen MR) is 58.6 cm³/mol. The van der Waals surface area contributed by atoms with Crippen molar-refractivity contribution in [1.82, 2.24) is 15.3 Å². The largest absolute Gasteiger partial charge is 0.350 e. The number of aromatic nitrogens is 2. The first-order chi connectivity index (χ1) is 7.22. The first-order valence-electron chi connectivity index (χ1n) is 4.83. The lowest BCUT2D eigenvalue weighted by molar-refractivity contribution is -0.121. The van der Waals surface area contributed by atoms with Crippen LogP contribution >= 0.6 is 11.6 Å². The number of hydrogen-bond acceptors (Lipinski definition) is 3. The number of halogens is 1. The van der Waals surface area contributed by atoms with Gasteiger partial charge in [-0.25, -0.2) is 9.97 Å². The average Bonchev–Trinajstić information content (AvgIpc) is 2.23. The van der Waals surface area contributed by atoms with Gasteiger partial charge in [0.1, 0.15) is 5.82 Å². The zero-order valence-electron chi connectivity index (χ0n) is 8.66. The maximum atomic E-state index is 11.2. The molecule has 0 fully saturated rings. The van der Waals surface area contributed by atoms with Gasteiger partial charge in [0.25, 0.3) is 0 Å². The highest BCUT2D eigenvalue weighted by Gasteiger charge is 2.01. The Balaban J connectivity index is 2.33. The molecule has 0 atom stereocenters. The molecule has 0 saturated heterocycles. The Bertz CT molecular complexity index is 330. The van der Waals surface area contributed by atoms with Gasteiger partial charge in [0.15, 0.2) is 0 Å². The molecule has 0 aliphatic heterocycles. The third-order valence-corrected chi connectivity index (χ3v) is 2.11. The summed E-state index contributed by atoms with van der Waals surface area (Å²) in [6, 6.07) is 1.79. The summed E-state index contributed by atoms with van der Waals surface area (Å²) in [5, 5.41) is 2.77. The van der Waals surface area contributed by atoms with Gasteiger partial charge in [-0.05, 0) is 19.4 Å². The maximum Gasteiger partial charge on any atom is 0.220 e. The molecule has 1 amide bonds. The molecule has 0 aliphatic rings. The van der Waals surface area contributed by atoms with E-state index in [4.69, 9.17) is 11.6 Å². The van der Waals surface area contributed by atoms with Crippen LogP contribution in [0.3, 0.4) is 0 Å². The van der Waals surface area contributed by atoms with Crippen molar-refractivity contribution in [3.8, 4) is 0 Å². The molecule has 15 heavy (non-hydrogen) atoms. The molecule has 0 bridgehead atoms. The van der Waals surface area contributed by atoms with E-state index in [0.29, 0.717) is 31.1 Å². The summed E-state index contributed by atoms with van der Waals surface area (Å²) in [6.07, 6.45) is 2.85. The lowest BCUT2D eigenvalue weighted by Crippen LogP contribution is -2.23. The van der Waals surface area contributed by atoms with Gasteiger partial charge in [0, 0.05) is 18.5 Å². The molecule has 0 radical (unpaired) electrons. The molecule has 4 nitrogen and oxygen atoms in total. The van der Waals surface area contributed by atoms with Crippen LogP contribution in [0.4, 0.5) is 0 Å². The fourth-order valence-electron chi connectivity index (χ4n) is 1.11. The maximum absolute atomic E-state index is 11.2. The Morgan fingerprint density at radius 3 is 3.07 bits per heavy atom. The topological polar surface area (TPSA) is 54.9 Å². The van der Waals surface area contributed by atoms with Crippen LogP contribution in [0.2, 0.25) is 0 Å². The molecule has 0 spiro atoms. The van der Waals surface area contributed by atoms with Crippen LogP contribution in [0.5, 0.6) is 0 Å². The SMILES string of the molecule is Cc1nccc(CNC(=O)CCCCl)n1. The lowest BCUT2D eigenvalue weighted by Gasteiger charge is -2.04. The summed E-state index contributed by atoms with van der Waals surface area (Å²) in [6.45, 7) is 2.27. The van der Waals surface area contributed by atoms with Crippen molar-refractivity contribution < 1.29 is 4.79 Å². The highest BCUT2D eigenvalue weighted by atomic mass is 35.5. The van der Waals surface area contributed by atoms with Crippen molar-refractivity contribution in [2.24, 2.45) is 0 Å². The minimum Gasteiger partial charge on any atom is -0.350 e. The quantitative estimate of drug-likeness (QED) is 0.775. The molecule has 1 aromatic rings. The highest BCUT2D eigenvalue weighted by molar-refractivity contribution is 6.17. The van der Waals surface area contributed by atoms with Gasteiger partial charge in [-0.2, -0.15) is 0 Å². The third kappa shape index (κ3) is 4.74. The number of carbonyl (C=O) groups is 1. The summed E-state index contributed by atoms with van der Waals surface area (Å²) in [4.78, 5) is 19.4. The second kappa shape index (κ2) is 6.35. The first-order valence-corrected chi connectivity index (χ1v) is 5.37. The minimum atomic E-state index is 0.00640. The van der Waals surface area contributed by atoms with Crippen molar-refractivity contribution in [2.75, 3.05) is 5.88 Å². The summed E-state index contributed by atoms with van der Waals surface area (Å²) in [5.74, 6) is 1.23. The van der Waals surface area contributed by atoms with Crippen molar-refractivity contribution in [3.63, 3.8) is 0 Å². The molecule has 0 aliphatic carbocycles. The van der Waals surface area contributed by atoms with Crippen LogP contribution in [0.25, 0.3) is 0 Å². The molecule has 1 N–H and O–H groups in total. The first kappa shape index (κ1) is 11.9. The number of rotatable bonds is 5. The molecule has 1 aromatic heterocycles. The summed E-state index contributed by atoms with van der Waals surface area (Å²) in [7, 11) is 0. The van der Waals surface area contributed by atoms with Crippen molar-refractivity contribution in [3.05, 3.63) is 23.8 Å². The average molecular weight is 228 g/mol. The van der Waals surface area contributed by atoms with E-state index in [-0.39, 0.29) is 5.91 Å². The van der Waals surface area contributed by atoms with Gasteiger partial charge in [0.05, 0.1) is 12.2 Å². The number of alkyl halides is 1. The molecule has 0 saturated carbocycles. The van der Waals surface area contributed by atoms with Crippen LogP contribution < -0.4 is 5.32 Å². The summed E-state index contributed by atoms with van der Waals surface area (Å²) >= 11 is 5.48. The summed E-state index contributed by atoms with van der Waals surface area (Å²) < 4.78 is 0. The van der Waals surface area contributed by atoms with Crippen LogP contribution in [0, 0.1) is 6.92 Å². The van der Waals surface area contributed by atoms with E-state index < -0.39 is 0 Å². The second-order valence-electron chi connectivity index (χ2n) is 3.16. The Kier molecular flexibility index (Phi) is 5.04. The Morgan fingerprint density at radius 2 is 2.40 bits per heavy atom. The Hall–Kier alpha value is -1.16. The minimum absolute atomic E-state index is 0.00640. The van der Waals surface area contributed by atoms with Gasteiger partial charge in [-0.3, -0.25) is 4.79 Å². The molecular formula is C10H14ClN3O. The second-order valence-corrected chi connectivity index (χ2v) is 3.54. The van der Waals surface area contributed by atoms with Gasteiger partial charge in [-0.1, -0.05) is 0 Å². The van der Waals surface area contributed by atoms with Crippen LogP contribution in [-0.2, 0) is 11.3 Å². The van der Waals surface area contributed by atoms with Gasteiger partial charge in [0.2, 0.25) is 5.91 Å². The lowest BCUT2D eigenvalue weighted by atomic mass is 10.3. The number of nitrogens with zero attached hydrogens (tertiary/aromatic N) is 2. The number of aryl methyl sites for hydroxylation is 1. The number of hydrogen-bond donors (Lipinski definition) is 1. The van der Waals surface area contributed by atoms with E-state index in [1.54, 1.807) is 12.3 Å². The smallest absolute Gasteiger partial charge is 0.220 e. The monoisotopic (exact) mass is 227 g/mol. The number of amides is 1. The molecule has 1 heterocycles. The van der Waals surface area contributed by atoms with Crippen LogP contribution in [0.15, 0.2) is 12.3 Å². The number of nitrogens with one attached hydrogen (secondary N) is 1. The van der Waals surface area contributed by atoms with Crippen LogP contribution in [0.1, 0.15) is 24.4 Å². The van der Waals surface area contributed by atoms with E-state index in [9.17, 15) is 4.79 Å². The van der Waals surface area contributed by atoms with E-state index >= 15 is 0 Å². The van der Waals surface area contributed by atoms with E-state index in [1.807, 2.05) is 6.92 Å². The van der Waals surface area contributed by atoms with Gasteiger partial charge < -0.3 is 5.32 Å². The van der Waals surface area contributed by atoms with E-state index in [1.165, 1.54) is 0 Å². The molecule has 1 rings (SSSR count). The highest BCUT2D eigenvalue weighted by Crippen LogP contribution is 1.96. The predicted octanol–water partition coefficient (Wildman–Crippen LogP) is 1.42. The fraction of sp³-hybridized carbons (Fsp3) is 0.500. The Labute approximate surface area is 94.1 Å². The normalized spacial score (nSPS) is 10.0. The van der Waals surface area contributed by atoms with Crippen molar-refractivity contribution >= 4 is 17.5 Å². The van der Waals surface area contributed by atoms with Gasteiger partial charge in [-0.15, -0.1) is 11.6 Å². The van der Waals surface area contributed by atoms with Gasteiger partial charge >= 0.3 is 0 Å². The van der Waals surface area contributed by atoms with E-state index in [2.05, 4.69) is 15.3 Å².